The van der Waals surface area contributed by atoms with Crippen LogP contribution < -0.4 is 5.63 Å². The Morgan fingerprint density at radius 3 is 2.64 bits per heavy atom. The van der Waals surface area contributed by atoms with Crippen molar-refractivity contribution in [3.63, 3.8) is 0 Å². The van der Waals surface area contributed by atoms with Gasteiger partial charge >= 0.3 is 11.6 Å². The first kappa shape index (κ1) is 17.7. The number of fused-ring (bicyclic) bond motifs is 3. The van der Waals surface area contributed by atoms with Gasteiger partial charge < -0.3 is 9.15 Å². The van der Waals surface area contributed by atoms with Crippen LogP contribution in [0.4, 0.5) is 4.39 Å². The first-order valence-corrected chi connectivity index (χ1v) is 8.65. The van der Waals surface area contributed by atoms with E-state index < -0.39 is 11.6 Å². The highest BCUT2D eigenvalue weighted by atomic mass is 19.1. The number of ether oxygens (including phenoxy) is 1. The predicted molar refractivity (Wildman–Crippen MR) is 105 cm³/mol. The number of carbonyl (C=O) groups excluding carboxylic acids is 1. The number of carbonyl (C=O) groups is 1. The highest BCUT2D eigenvalue weighted by Gasteiger charge is 2.11. The van der Waals surface area contributed by atoms with Crippen molar-refractivity contribution >= 4 is 33.8 Å². The minimum atomic E-state index is -0.564. The summed E-state index contributed by atoms with van der Waals surface area (Å²) in [6, 6.07) is 18.4. The zero-order valence-electron chi connectivity index (χ0n) is 14.7. The van der Waals surface area contributed by atoms with E-state index in [2.05, 4.69) is 0 Å². The molecule has 28 heavy (non-hydrogen) atoms. The Labute approximate surface area is 159 Å². The third-order valence-corrected chi connectivity index (χ3v) is 4.37. The highest BCUT2D eigenvalue weighted by Crippen LogP contribution is 2.27. The van der Waals surface area contributed by atoms with Gasteiger partial charge in [0.1, 0.15) is 18.0 Å². The Morgan fingerprint density at radius 1 is 1.04 bits per heavy atom. The number of hydrogen-bond acceptors (Lipinski definition) is 4. The van der Waals surface area contributed by atoms with Crippen molar-refractivity contribution in [1.29, 1.82) is 0 Å². The van der Waals surface area contributed by atoms with Crippen LogP contribution in [-0.4, -0.2) is 5.97 Å². The topological polar surface area (TPSA) is 56.5 Å². The highest BCUT2D eigenvalue weighted by molar-refractivity contribution is 6.07. The summed E-state index contributed by atoms with van der Waals surface area (Å²) in [6.45, 7) is -0.0668. The van der Waals surface area contributed by atoms with E-state index >= 15 is 0 Å². The van der Waals surface area contributed by atoms with E-state index in [-0.39, 0.29) is 12.4 Å². The van der Waals surface area contributed by atoms with E-state index in [9.17, 15) is 14.0 Å². The van der Waals surface area contributed by atoms with E-state index in [0.29, 0.717) is 16.7 Å². The Hall–Kier alpha value is -3.73. The summed E-state index contributed by atoms with van der Waals surface area (Å²) in [5.41, 5.74) is 1.19. The fourth-order valence-corrected chi connectivity index (χ4v) is 3.07. The molecule has 0 aliphatic carbocycles. The molecule has 0 saturated carbocycles. The third kappa shape index (κ3) is 3.69. The van der Waals surface area contributed by atoms with E-state index in [1.807, 2.05) is 30.3 Å². The SMILES string of the molecule is O=C(/C=C/c1ccc(F)cc1)OCc1cc(=O)oc2ccc3ccccc3c12. The van der Waals surface area contributed by atoms with Crippen LogP contribution in [0.5, 0.6) is 0 Å². The summed E-state index contributed by atoms with van der Waals surface area (Å²) < 4.78 is 23.5. The summed E-state index contributed by atoms with van der Waals surface area (Å²) in [7, 11) is 0. The second kappa shape index (κ2) is 7.48. The van der Waals surface area contributed by atoms with E-state index in [4.69, 9.17) is 9.15 Å². The number of rotatable bonds is 4. The fourth-order valence-electron chi connectivity index (χ4n) is 3.07. The number of hydrogen-bond donors (Lipinski definition) is 0. The minimum absolute atomic E-state index is 0.0668. The molecule has 0 spiro atoms. The van der Waals surface area contributed by atoms with Crippen LogP contribution in [0, 0.1) is 5.82 Å². The van der Waals surface area contributed by atoms with Crippen molar-refractivity contribution in [2.45, 2.75) is 6.61 Å². The van der Waals surface area contributed by atoms with Gasteiger partial charge in [-0.3, -0.25) is 0 Å². The summed E-state index contributed by atoms with van der Waals surface area (Å²) in [5.74, 6) is -0.910. The van der Waals surface area contributed by atoms with Crippen molar-refractivity contribution < 1.29 is 18.3 Å². The quantitative estimate of drug-likeness (QED) is 0.222. The van der Waals surface area contributed by atoms with Gasteiger partial charge in [0, 0.05) is 23.1 Å². The lowest BCUT2D eigenvalue weighted by molar-refractivity contribution is -0.138. The van der Waals surface area contributed by atoms with Gasteiger partial charge in [0.25, 0.3) is 0 Å². The molecule has 3 aromatic carbocycles. The molecule has 0 aliphatic rings. The Bertz CT molecular complexity index is 1250. The molecule has 0 radical (unpaired) electrons. The average molecular weight is 374 g/mol. The number of esters is 1. The van der Waals surface area contributed by atoms with Crippen LogP contribution in [-0.2, 0) is 16.1 Å². The van der Waals surface area contributed by atoms with Gasteiger partial charge in [-0.1, -0.05) is 42.5 Å². The van der Waals surface area contributed by atoms with Crippen molar-refractivity contribution in [2.24, 2.45) is 0 Å². The maximum Gasteiger partial charge on any atom is 0.336 e. The van der Waals surface area contributed by atoms with Crippen molar-refractivity contribution in [3.8, 4) is 0 Å². The molecule has 1 aromatic heterocycles. The molecule has 0 bridgehead atoms. The molecule has 4 aromatic rings. The van der Waals surface area contributed by atoms with Gasteiger partial charge in [-0.2, -0.15) is 0 Å². The Morgan fingerprint density at radius 2 is 1.82 bits per heavy atom. The lowest BCUT2D eigenvalue weighted by Gasteiger charge is -2.08. The summed E-state index contributed by atoms with van der Waals surface area (Å²) in [5, 5.41) is 2.65. The molecule has 0 fully saturated rings. The van der Waals surface area contributed by atoms with E-state index in [1.54, 1.807) is 18.2 Å². The molecule has 0 N–H and O–H groups in total. The van der Waals surface area contributed by atoms with Crippen LogP contribution in [0.1, 0.15) is 11.1 Å². The normalized spacial score (nSPS) is 11.3. The molecule has 0 unspecified atom stereocenters. The predicted octanol–water partition coefficient (Wildman–Crippen LogP) is 4.84. The van der Waals surface area contributed by atoms with Crippen molar-refractivity contribution in [2.75, 3.05) is 0 Å². The minimum Gasteiger partial charge on any atom is -0.458 e. The largest absolute Gasteiger partial charge is 0.458 e. The second-order valence-corrected chi connectivity index (χ2v) is 6.24. The average Bonchev–Trinajstić information content (AvgIpc) is 2.71. The first-order chi connectivity index (χ1) is 13.6. The Balaban J connectivity index is 1.60. The lowest BCUT2D eigenvalue weighted by atomic mass is 10.0. The van der Waals surface area contributed by atoms with Gasteiger partial charge in [0.2, 0.25) is 0 Å². The molecule has 5 heteroatoms. The molecule has 0 atom stereocenters. The summed E-state index contributed by atoms with van der Waals surface area (Å²) in [6.07, 6.45) is 2.80. The van der Waals surface area contributed by atoms with Gasteiger partial charge in [0.05, 0.1) is 0 Å². The third-order valence-electron chi connectivity index (χ3n) is 4.37. The molecular formula is C23H15FO4. The van der Waals surface area contributed by atoms with E-state index in [0.717, 1.165) is 16.2 Å². The van der Waals surface area contributed by atoms with Gasteiger partial charge in [-0.05, 0) is 40.6 Å². The summed E-state index contributed by atoms with van der Waals surface area (Å²) >= 11 is 0. The molecule has 0 saturated heterocycles. The monoisotopic (exact) mass is 374 g/mol. The van der Waals surface area contributed by atoms with Crippen LogP contribution >= 0.6 is 0 Å². The molecule has 0 aliphatic heterocycles. The lowest BCUT2D eigenvalue weighted by Crippen LogP contribution is -2.06. The van der Waals surface area contributed by atoms with Crippen molar-refractivity contribution in [3.05, 3.63) is 100 Å². The zero-order chi connectivity index (χ0) is 19.5. The van der Waals surface area contributed by atoms with Gasteiger partial charge in [-0.25, -0.2) is 14.0 Å². The molecule has 138 valence electrons. The molecule has 1 heterocycles. The smallest absolute Gasteiger partial charge is 0.336 e. The maximum absolute atomic E-state index is 12.9. The van der Waals surface area contributed by atoms with Crippen LogP contribution in [0.15, 0.2) is 82.0 Å². The second-order valence-electron chi connectivity index (χ2n) is 6.24. The van der Waals surface area contributed by atoms with Crippen LogP contribution in [0.2, 0.25) is 0 Å². The van der Waals surface area contributed by atoms with Gasteiger partial charge in [0.15, 0.2) is 0 Å². The molecule has 0 amide bonds. The molecule has 4 rings (SSSR count). The standard InChI is InChI=1S/C23H15FO4/c24-18-9-5-15(6-10-18)7-12-21(25)27-14-17-13-22(26)28-20-11-8-16-3-1-2-4-19(16)23(17)20/h1-13H,14H2/b12-7+. The maximum atomic E-state index is 12.9. The van der Waals surface area contributed by atoms with Crippen LogP contribution in [0.25, 0.3) is 27.8 Å². The van der Waals surface area contributed by atoms with Crippen molar-refractivity contribution in [1.82, 2.24) is 0 Å². The first-order valence-electron chi connectivity index (χ1n) is 8.65. The van der Waals surface area contributed by atoms with Gasteiger partial charge in [-0.15, -0.1) is 0 Å². The fraction of sp³-hybridized carbons (Fsp3) is 0.0435. The number of halogens is 1. The number of benzene rings is 3. The van der Waals surface area contributed by atoms with Crippen LogP contribution in [0.3, 0.4) is 0 Å². The molecule has 4 nitrogen and oxygen atoms in total. The zero-order valence-corrected chi connectivity index (χ0v) is 14.7. The molecular weight excluding hydrogens is 359 g/mol. The van der Waals surface area contributed by atoms with E-state index in [1.165, 1.54) is 30.4 Å². The summed E-state index contributed by atoms with van der Waals surface area (Å²) in [4.78, 5) is 23.9. The Kier molecular flexibility index (Phi) is 4.72.